The van der Waals surface area contributed by atoms with Gasteiger partial charge in [0.15, 0.2) is 17.5 Å². The molecule has 9 rings (SSSR count). The second-order valence-corrected chi connectivity index (χ2v) is 11.8. The summed E-state index contributed by atoms with van der Waals surface area (Å²) in [5.41, 5.74) is 8.45. The molecule has 0 aliphatic carbocycles. The minimum Gasteiger partial charge on any atom is -0.309 e. The number of fused-ring (bicyclic) bond motifs is 3. The summed E-state index contributed by atoms with van der Waals surface area (Å²) in [6.45, 7) is 0. The highest BCUT2D eigenvalue weighted by atomic mass is 15.0. The van der Waals surface area contributed by atoms with Crippen molar-refractivity contribution in [2.75, 3.05) is 0 Å². The summed E-state index contributed by atoms with van der Waals surface area (Å²) in [5.74, 6) is 1.66. The molecule has 0 aliphatic heterocycles. The van der Waals surface area contributed by atoms with E-state index in [0.717, 1.165) is 55.5 Å². The number of nitrogens with zero attached hydrogens (tertiary/aromatic N) is 4. The molecule has 49 heavy (non-hydrogen) atoms. The Morgan fingerprint density at radius 1 is 0.388 bits per heavy atom. The van der Waals surface area contributed by atoms with Crippen molar-refractivity contribution in [1.82, 2.24) is 19.5 Å². The van der Waals surface area contributed by atoms with Crippen LogP contribution in [-0.4, -0.2) is 19.5 Å². The smallest absolute Gasteiger partial charge is 0.164 e. The van der Waals surface area contributed by atoms with Crippen molar-refractivity contribution in [1.29, 1.82) is 0 Å². The fourth-order valence-electron chi connectivity index (χ4n) is 6.54. The van der Waals surface area contributed by atoms with Crippen LogP contribution in [0.25, 0.3) is 83.9 Å². The van der Waals surface area contributed by atoms with Gasteiger partial charge in [-0.25, -0.2) is 15.0 Å². The molecule has 230 valence electrons. The van der Waals surface area contributed by atoms with Gasteiger partial charge in [0.2, 0.25) is 0 Å². The van der Waals surface area contributed by atoms with E-state index in [4.69, 9.17) is 20.4 Å². The first-order chi connectivity index (χ1) is 26.0. The van der Waals surface area contributed by atoms with Gasteiger partial charge in [0, 0.05) is 33.2 Å². The maximum Gasteiger partial charge on any atom is 0.164 e. The fraction of sp³-hybridized carbons (Fsp3) is 0. The van der Waals surface area contributed by atoms with Crippen LogP contribution in [-0.2, 0) is 0 Å². The SMILES string of the molecule is [2H]c1c([2H])c([2H])c2c(c1[2H])c1c(-c3ccccc3-c3ccccc3)cccc1n2-c1ccc(-c2nc(-c3ccccc3)nc(-c3ccccc3)n2)cc1. The lowest BCUT2D eigenvalue weighted by molar-refractivity contribution is 1.07. The molecule has 0 amide bonds. The normalized spacial score (nSPS) is 12.4. The third-order valence-corrected chi connectivity index (χ3v) is 8.81. The van der Waals surface area contributed by atoms with Crippen molar-refractivity contribution in [2.45, 2.75) is 0 Å². The van der Waals surface area contributed by atoms with Gasteiger partial charge in [0.25, 0.3) is 0 Å². The van der Waals surface area contributed by atoms with Gasteiger partial charge in [-0.15, -0.1) is 0 Å². The third-order valence-electron chi connectivity index (χ3n) is 8.81. The monoisotopic (exact) mass is 630 g/mol. The highest BCUT2D eigenvalue weighted by Crippen LogP contribution is 2.41. The molecule has 7 aromatic carbocycles. The largest absolute Gasteiger partial charge is 0.309 e. The first-order valence-corrected chi connectivity index (χ1v) is 16.1. The Kier molecular flexibility index (Phi) is 6.09. The second-order valence-electron chi connectivity index (χ2n) is 11.8. The predicted octanol–water partition coefficient (Wildman–Crippen LogP) is 11.3. The summed E-state index contributed by atoms with van der Waals surface area (Å²) in [4.78, 5) is 14.6. The van der Waals surface area contributed by atoms with Gasteiger partial charge >= 0.3 is 0 Å². The van der Waals surface area contributed by atoms with Crippen LogP contribution in [0.5, 0.6) is 0 Å². The van der Waals surface area contributed by atoms with E-state index in [1.165, 1.54) is 0 Å². The Morgan fingerprint density at radius 3 is 1.49 bits per heavy atom. The molecule has 0 saturated heterocycles. The zero-order chi connectivity index (χ0) is 36.1. The minimum atomic E-state index is -0.276. The van der Waals surface area contributed by atoms with E-state index < -0.39 is 0 Å². The van der Waals surface area contributed by atoms with Gasteiger partial charge < -0.3 is 4.57 Å². The van der Waals surface area contributed by atoms with Crippen LogP contribution < -0.4 is 0 Å². The minimum absolute atomic E-state index is 0.0712. The van der Waals surface area contributed by atoms with Gasteiger partial charge in [0.1, 0.15) is 0 Å². The summed E-state index contributed by atoms with van der Waals surface area (Å²) in [6, 6.07) is 51.1. The standard InChI is InChI=1S/C45H30N4/c1-4-15-31(16-5-1)36-21-10-11-22-37(36)38-24-14-26-41-42(38)39-23-12-13-25-40(39)49(41)35-29-27-34(28-30-35)45-47-43(32-17-6-2-7-18-32)46-44(48-45)33-19-8-3-9-20-33/h1-30H/i12D,13D,23D,25D. The van der Waals surface area contributed by atoms with Crippen molar-refractivity contribution in [3.63, 3.8) is 0 Å². The highest BCUT2D eigenvalue weighted by molar-refractivity contribution is 6.16. The number of hydrogen-bond donors (Lipinski definition) is 0. The van der Waals surface area contributed by atoms with Crippen molar-refractivity contribution >= 4 is 21.8 Å². The lowest BCUT2D eigenvalue weighted by atomic mass is 9.92. The summed E-state index contributed by atoms with van der Waals surface area (Å²) in [7, 11) is 0. The van der Waals surface area contributed by atoms with E-state index in [2.05, 4.69) is 24.3 Å². The summed E-state index contributed by atoms with van der Waals surface area (Å²) in [5, 5.41) is 1.24. The first kappa shape index (κ1) is 24.5. The van der Waals surface area contributed by atoms with E-state index >= 15 is 0 Å². The molecular formula is C45H30N4. The Morgan fingerprint density at radius 2 is 0.878 bits per heavy atom. The zero-order valence-corrected chi connectivity index (χ0v) is 26.3. The van der Waals surface area contributed by atoms with E-state index in [1.54, 1.807) is 0 Å². The maximum atomic E-state index is 9.16. The molecule has 0 unspecified atom stereocenters. The Labute approximate surface area is 290 Å². The van der Waals surface area contributed by atoms with Crippen LogP contribution in [0.2, 0.25) is 0 Å². The molecule has 0 saturated carbocycles. The fourth-order valence-corrected chi connectivity index (χ4v) is 6.54. The van der Waals surface area contributed by atoms with Gasteiger partial charge in [-0.1, -0.05) is 146 Å². The van der Waals surface area contributed by atoms with E-state index in [-0.39, 0.29) is 24.2 Å². The van der Waals surface area contributed by atoms with Gasteiger partial charge in [-0.2, -0.15) is 0 Å². The molecule has 0 fully saturated rings. The van der Waals surface area contributed by atoms with Crippen LogP contribution in [0.3, 0.4) is 0 Å². The quantitative estimate of drug-likeness (QED) is 0.184. The first-order valence-electron chi connectivity index (χ1n) is 18.1. The Hall–Kier alpha value is -6.65. The van der Waals surface area contributed by atoms with Gasteiger partial charge in [-0.05, 0) is 58.6 Å². The van der Waals surface area contributed by atoms with E-state index in [1.807, 2.05) is 138 Å². The van der Waals surface area contributed by atoms with Crippen molar-refractivity contribution in [3.8, 4) is 62.1 Å². The molecule has 9 aromatic rings. The Balaban J connectivity index is 1.26. The summed E-state index contributed by atoms with van der Waals surface area (Å²) in [6.07, 6.45) is 0. The van der Waals surface area contributed by atoms with Crippen LogP contribution in [0.15, 0.2) is 182 Å². The number of benzene rings is 7. The molecular weight excluding hydrogens is 597 g/mol. The Bertz CT molecular complexity index is 2750. The molecule has 0 radical (unpaired) electrons. The number of aromatic nitrogens is 4. The van der Waals surface area contributed by atoms with Crippen LogP contribution >= 0.6 is 0 Å². The maximum absolute atomic E-state index is 9.16. The third kappa shape index (κ3) is 5.16. The number of rotatable bonds is 6. The van der Waals surface area contributed by atoms with E-state index in [9.17, 15) is 0 Å². The molecule has 0 N–H and O–H groups in total. The number of hydrogen-bond acceptors (Lipinski definition) is 3. The lowest BCUT2D eigenvalue weighted by Gasteiger charge is -2.13. The van der Waals surface area contributed by atoms with Crippen molar-refractivity contribution < 1.29 is 5.48 Å². The van der Waals surface area contributed by atoms with Crippen LogP contribution in [0.4, 0.5) is 0 Å². The van der Waals surface area contributed by atoms with Gasteiger partial charge in [0.05, 0.1) is 16.5 Å². The van der Waals surface area contributed by atoms with Gasteiger partial charge in [-0.3, -0.25) is 0 Å². The average molecular weight is 631 g/mol. The molecule has 0 spiro atoms. The molecule has 4 heteroatoms. The molecule has 0 bridgehead atoms. The molecule has 2 heterocycles. The lowest BCUT2D eigenvalue weighted by Crippen LogP contribution is -2.00. The second kappa shape index (κ2) is 12.2. The predicted molar refractivity (Wildman–Crippen MR) is 201 cm³/mol. The average Bonchev–Trinajstić information content (AvgIpc) is 3.59. The number of para-hydroxylation sites is 1. The van der Waals surface area contributed by atoms with Crippen molar-refractivity contribution in [3.05, 3.63) is 182 Å². The molecule has 2 aromatic heterocycles. The van der Waals surface area contributed by atoms with Crippen LogP contribution in [0.1, 0.15) is 5.48 Å². The topological polar surface area (TPSA) is 43.6 Å². The zero-order valence-electron chi connectivity index (χ0n) is 30.3. The molecule has 0 aliphatic rings. The highest BCUT2D eigenvalue weighted by Gasteiger charge is 2.18. The van der Waals surface area contributed by atoms with Crippen molar-refractivity contribution in [2.24, 2.45) is 0 Å². The molecule has 0 atom stereocenters. The summed E-state index contributed by atoms with van der Waals surface area (Å²) >= 11 is 0. The van der Waals surface area contributed by atoms with Crippen LogP contribution in [0, 0.1) is 0 Å². The van der Waals surface area contributed by atoms with E-state index in [0.29, 0.717) is 28.4 Å². The molecule has 4 nitrogen and oxygen atoms in total. The summed E-state index contributed by atoms with van der Waals surface area (Å²) < 4.78 is 37.6.